The molecular weight excluding hydrogens is 256 g/mol. The maximum Gasteiger partial charge on any atom is 0.251 e. The minimum atomic E-state index is -3.02. The van der Waals surface area contributed by atoms with Gasteiger partial charge in [-0.05, 0) is 12.5 Å². The first kappa shape index (κ1) is 12.8. The summed E-state index contributed by atoms with van der Waals surface area (Å²) >= 11 is 0. The number of hydrogen-bond acceptors (Lipinski definition) is 4. The van der Waals surface area contributed by atoms with Gasteiger partial charge in [0, 0.05) is 30.9 Å². The molecule has 1 saturated heterocycles. The third-order valence-electron chi connectivity index (χ3n) is 2.93. The smallest absolute Gasteiger partial charge is 0.251 e. The molecule has 1 aliphatic heterocycles. The number of nitrogens with one attached hydrogen (secondary N) is 1. The Bertz CT molecular complexity index is 633. The number of hydrogen-bond donors (Lipinski definition) is 1. The average Bonchev–Trinajstić information content (AvgIpc) is 2.62. The molecule has 2 heterocycles. The number of carbonyl (C=O) groups is 1. The van der Waals surface area contributed by atoms with Gasteiger partial charge in [0.15, 0.2) is 9.84 Å². The Morgan fingerprint density at radius 2 is 2.22 bits per heavy atom. The van der Waals surface area contributed by atoms with Crippen molar-refractivity contribution >= 4 is 15.7 Å². The third-order valence-corrected chi connectivity index (χ3v) is 4.70. The van der Waals surface area contributed by atoms with E-state index in [1.54, 1.807) is 7.05 Å². The second-order valence-electron chi connectivity index (χ2n) is 4.44. The molecule has 7 heteroatoms. The van der Waals surface area contributed by atoms with Crippen molar-refractivity contribution in [1.29, 1.82) is 0 Å². The molecule has 0 spiro atoms. The second-order valence-corrected chi connectivity index (χ2v) is 6.67. The lowest BCUT2D eigenvalue weighted by Gasteiger charge is -2.10. The van der Waals surface area contributed by atoms with Crippen LogP contribution in [0.3, 0.4) is 0 Å². The van der Waals surface area contributed by atoms with Gasteiger partial charge in [0.2, 0.25) is 0 Å². The molecule has 0 aliphatic carbocycles. The van der Waals surface area contributed by atoms with Crippen molar-refractivity contribution < 1.29 is 13.2 Å². The number of rotatable bonds is 2. The highest BCUT2D eigenvalue weighted by Crippen LogP contribution is 2.11. The molecule has 0 aromatic carbocycles. The van der Waals surface area contributed by atoms with Crippen molar-refractivity contribution in [3.8, 4) is 0 Å². The lowest BCUT2D eigenvalue weighted by molar-refractivity contribution is 0.0941. The van der Waals surface area contributed by atoms with Crippen molar-refractivity contribution in [3.63, 3.8) is 0 Å². The average molecular weight is 270 g/mol. The van der Waals surface area contributed by atoms with Crippen LogP contribution in [0.15, 0.2) is 23.1 Å². The first-order valence-electron chi connectivity index (χ1n) is 5.55. The molecule has 0 bridgehead atoms. The second kappa shape index (κ2) is 4.56. The van der Waals surface area contributed by atoms with Crippen LogP contribution in [-0.2, 0) is 16.9 Å². The lowest BCUT2D eigenvalue weighted by Crippen LogP contribution is -2.36. The zero-order valence-electron chi connectivity index (χ0n) is 9.92. The Balaban J connectivity index is 2.09. The predicted molar refractivity (Wildman–Crippen MR) is 66.2 cm³/mol. The van der Waals surface area contributed by atoms with Crippen molar-refractivity contribution in [2.24, 2.45) is 7.05 Å². The van der Waals surface area contributed by atoms with Crippen molar-refractivity contribution in [2.75, 3.05) is 11.5 Å². The monoisotopic (exact) mass is 270 g/mol. The maximum atomic E-state index is 11.8. The Labute approximate surface area is 105 Å². The highest BCUT2D eigenvalue weighted by Gasteiger charge is 2.29. The molecule has 0 saturated carbocycles. The maximum absolute atomic E-state index is 11.8. The molecule has 1 atom stereocenters. The van der Waals surface area contributed by atoms with E-state index in [0.29, 0.717) is 6.42 Å². The van der Waals surface area contributed by atoms with E-state index in [4.69, 9.17) is 0 Å². The predicted octanol–water partition coefficient (Wildman–Crippen LogP) is -0.698. The van der Waals surface area contributed by atoms with Crippen LogP contribution < -0.4 is 10.9 Å². The quantitative estimate of drug-likeness (QED) is 0.770. The number of carbonyl (C=O) groups excluding carboxylic acids is 1. The first-order chi connectivity index (χ1) is 8.37. The molecule has 1 aromatic rings. The number of nitrogens with zero attached hydrogens (tertiary/aromatic N) is 1. The molecule has 0 unspecified atom stereocenters. The van der Waals surface area contributed by atoms with E-state index < -0.39 is 15.7 Å². The summed E-state index contributed by atoms with van der Waals surface area (Å²) in [5, 5.41) is 2.63. The van der Waals surface area contributed by atoms with Crippen LogP contribution in [0, 0.1) is 0 Å². The minimum Gasteiger partial charge on any atom is -0.348 e. The van der Waals surface area contributed by atoms with E-state index in [0.717, 1.165) is 0 Å². The molecule has 98 valence electrons. The standard InChI is InChI=1S/C11H14N2O4S/c1-13-4-2-8(6-10(13)14)11(15)12-9-3-5-18(16,17)7-9/h2,4,6,9H,3,5,7H2,1H3,(H,12,15)/t9-/m0/s1. The van der Waals surface area contributed by atoms with Gasteiger partial charge < -0.3 is 9.88 Å². The Hall–Kier alpha value is -1.63. The molecule has 1 fully saturated rings. The summed E-state index contributed by atoms with van der Waals surface area (Å²) in [6, 6.07) is 2.41. The van der Waals surface area contributed by atoms with E-state index in [2.05, 4.69) is 5.32 Å². The van der Waals surface area contributed by atoms with Crippen LogP contribution in [0.2, 0.25) is 0 Å². The number of aryl methyl sites for hydroxylation is 1. The van der Waals surface area contributed by atoms with E-state index >= 15 is 0 Å². The van der Waals surface area contributed by atoms with E-state index in [-0.39, 0.29) is 28.7 Å². The highest BCUT2D eigenvalue weighted by molar-refractivity contribution is 7.91. The fraction of sp³-hybridized carbons (Fsp3) is 0.455. The van der Waals surface area contributed by atoms with Crippen molar-refractivity contribution in [1.82, 2.24) is 9.88 Å². The van der Waals surface area contributed by atoms with E-state index in [9.17, 15) is 18.0 Å². The topological polar surface area (TPSA) is 85.2 Å². The van der Waals surface area contributed by atoms with Gasteiger partial charge >= 0.3 is 0 Å². The van der Waals surface area contributed by atoms with E-state index in [1.165, 1.54) is 22.9 Å². The Morgan fingerprint density at radius 3 is 2.78 bits per heavy atom. The number of sulfone groups is 1. The molecule has 18 heavy (non-hydrogen) atoms. The zero-order chi connectivity index (χ0) is 13.3. The summed E-state index contributed by atoms with van der Waals surface area (Å²) in [5.74, 6) is -0.326. The number of pyridine rings is 1. The largest absolute Gasteiger partial charge is 0.348 e. The molecule has 1 aliphatic rings. The molecule has 1 N–H and O–H groups in total. The minimum absolute atomic E-state index is 0.0242. The summed E-state index contributed by atoms with van der Waals surface area (Å²) in [6.45, 7) is 0. The summed E-state index contributed by atoms with van der Waals surface area (Å²) in [5.41, 5.74) is -0.0240. The van der Waals surface area contributed by atoms with E-state index in [1.807, 2.05) is 0 Å². The zero-order valence-corrected chi connectivity index (χ0v) is 10.7. The summed E-state index contributed by atoms with van der Waals surface area (Å²) in [4.78, 5) is 23.2. The van der Waals surface area contributed by atoms with Gasteiger partial charge in [0.05, 0.1) is 11.5 Å². The molecule has 1 aromatic heterocycles. The summed E-state index contributed by atoms with van der Waals surface area (Å²) in [7, 11) is -1.43. The number of aromatic nitrogens is 1. The molecule has 6 nitrogen and oxygen atoms in total. The van der Waals surface area contributed by atoms with Crippen LogP contribution in [0.1, 0.15) is 16.8 Å². The summed E-state index contributed by atoms with van der Waals surface area (Å²) in [6.07, 6.45) is 1.93. The summed E-state index contributed by atoms with van der Waals surface area (Å²) < 4.78 is 23.9. The Morgan fingerprint density at radius 1 is 1.50 bits per heavy atom. The molecular formula is C11H14N2O4S. The highest BCUT2D eigenvalue weighted by atomic mass is 32.2. The fourth-order valence-electron chi connectivity index (χ4n) is 1.87. The molecule has 1 amide bonds. The van der Waals surface area contributed by atoms with Gasteiger partial charge in [0.1, 0.15) is 0 Å². The van der Waals surface area contributed by atoms with Crippen LogP contribution >= 0.6 is 0 Å². The van der Waals surface area contributed by atoms with Crippen LogP contribution in [0.25, 0.3) is 0 Å². The third kappa shape index (κ3) is 2.79. The SMILES string of the molecule is Cn1ccc(C(=O)N[C@H]2CCS(=O)(=O)C2)cc1=O. The molecule has 2 rings (SSSR count). The van der Waals surface area contributed by atoms with Gasteiger partial charge in [-0.3, -0.25) is 9.59 Å². The fourth-order valence-corrected chi connectivity index (χ4v) is 3.54. The van der Waals surface area contributed by atoms with Crippen molar-refractivity contribution in [3.05, 3.63) is 34.2 Å². The van der Waals surface area contributed by atoms with Crippen LogP contribution in [-0.4, -0.2) is 36.4 Å². The van der Waals surface area contributed by atoms with Crippen LogP contribution in [0.4, 0.5) is 0 Å². The first-order valence-corrected chi connectivity index (χ1v) is 7.37. The molecule has 0 radical (unpaired) electrons. The van der Waals surface area contributed by atoms with Gasteiger partial charge in [-0.15, -0.1) is 0 Å². The van der Waals surface area contributed by atoms with Gasteiger partial charge in [-0.25, -0.2) is 8.42 Å². The Kier molecular flexibility index (Phi) is 3.25. The van der Waals surface area contributed by atoms with Gasteiger partial charge in [-0.2, -0.15) is 0 Å². The van der Waals surface area contributed by atoms with Crippen LogP contribution in [0.5, 0.6) is 0 Å². The van der Waals surface area contributed by atoms with Gasteiger partial charge in [0.25, 0.3) is 11.5 Å². The van der Waals surface area contributed by atoms with Crippen molar-refractivity contribution in [2.45, 2.75) is 12.5 Å². The lowest BCUT2D eigenvalue weighted by atomic mass is 10.2. The number of amides is 1. The normalized spacial score (nSPS) is 21.7. The van der Waals surface area contributed by atoms with Gasteiger partial charge in [-0.1, -0.05) is 0 Å².